The minimum absolute atomic E-state index is 0.204. The number of ether oxygens (including phenoxy) is 4. The quantitative estimate of drug-likeness (QED) is 0.0304. The Morgan fingerprint density at radius 3 is 1.68 bits per heavy atom. The van der Waals surface area contributed by atoms with Crippen molar-refractivity contribution in [1.29, 1.82) is 0 Å². The van der Waals surface area contributed by atoms with Gasteiger partial charge in [0.15, 0.2) is 12.4 Å². The Balaban J connectivity index is 2.40. The zero-order valence-electron chi connectivity index (χ0n) is 32.7. The fourth-order valence-electron chi connectivity index (χ4n) is 5.65. The monoisotopic (exact) mass is 749 g/mol. The van der Waals surface area contributed by atoms with Crippen LogP contribution in [-0.2, 0) is 28.5 Å². The molecule has 0 aromatic rings. The van der Waals surface area contributed by atoms with Gasteiger partial charge in [-0.05, 0) is 70.6 Å². The van der Waals surface area contributed by atoms with Gasteiger partial charge in [-0.1, -0.05) is 120 Å². The SMILES string of the molecule is CC/C=C\C/C=C\C/C=C\CCCCCCCC(=O)OC(COC(=O)CCCCCCC/C=C\C/C=C\CCC)COC1OC(CO)C(O)C(O)C1O. The molecule has 6 atom stereocenters. The molecule has 4 N–H and O–H groups in total. The van der Waals surface area contributed by atoms with E-state index in [0.717, 1.165) is 96.3 Å². The number of aliphatic hydroxyl groups is 4. The van der Waals surface area contributed by atoms with Gasteiger partial charge in [0.25, 0.3) is 0 Å². The lowest BCUT2D eigenvalue weighted by Crippen LogP contribution is -2.59. The van der Waals surface area contributed by atoms with E-state index in [0.29, 0.717) is 12.8 Å². The van der Waals surface area contributed by atoms with Gasteiger partial charge in [0.1, 0.15) is 31.0 Å². The van der Waals surface area contributed by atoms with Crippen molar-refractivity contribution in [2.24, 2.45) is 0 Å². The van der Waals surface area contributed by atoms with Crippen LogP contribution in [0.1, 0.15) is 142 Å². The first-order chi connectivity index (χ1) is 25.8. The van der Waals surface area contributed by atoms with E-state index in [1.165, 1.54) is 6.42 Å². The van der Waals surface area contributed by atoms with Crippen LogP contribution in [0.25, 0.3) is 0 Å². The van der Waals surface area contributed by atoms with E-state index in [2.05, 4.69) is 74.6 Å². The van der Waals surface area contributed by atoms with Gasteiger partial charge in [0.05, 0.1) is 13.2 Å². The fourth-order valence-corrected chi connectivity index (χ4v) is 5.65. The van der Waals surface area contributed by atoms with Crippen LogP contribution in [0, 0.1) is 0 Å². The maximum Gasteiger partial charge on any atom is 0.306 e. The molecule has 6 unspecified atom stereocenters. The maximum atomic E-state index is 12.7. The number of hydrogen-bond donors (Lipinski definition) is 4. The molecule has 0 aliphatic carbocycles. The predicted octanol–water partition coefficient (Wildman–Crippen LogP) is 7.88. The number of unbranched alkanes of at least 4 members (excludes halogenated alkanes) is 11. The van der Waals surface area contributed by atoms with E-state index in [-0.39, 0.29) is 26.1 Å². The molecule has 1 aliphatic heterocycles. The fraction of sp³-hybridized carbons (Fsp3) is 0.721. The van der Waals surface area contributed by atoms with E-state index < -0.39 is 55.4 Å². The third-order valence-electron chi connectivity index (χ3n) is 8.87. The molecule has 304 valence electrons. The Bertz CT molecular complexity index is 1050. The van der Waals surface area contributed by atoms with Crippen LogP contribution in [0.5, 0.6) is 0 Å². The molecule has 0 radical (unpaired) electrons. The highest BCUT2D eigenvalue weighted by Crippen LogP contribution is 2.22. The molecule has 0 spiro atoms. The van der Waals surface area contributed by atoms with Crippen LogP contribution >= 0.6 is 0 Å². The summed E-state index contributed by atoms with van der Waals surface area (Å²) in [7, 11) is 0. The molecule has 0 aromatic heterocycles. The summed E-state index contributed by atoms with van der Waals surface area (Å²) in [6, 6.07) is 0. The van der Waals surface area contributed by atoms with Crippen molar-refractivity contribution in [3.63, 3.8) is 0 Å². The van der Waals surface area contributed by atoms with Gasteiger partial charge in [-0.25, -0.2) is 0 Å². The average Bonchev–Trinajstić information content (AvgIpc) is 3.15. The molecule has 0 bridgehead atoms. The highest BCUT2D eigenvalue weighted by atomic mass is 16.7. The second-order valence-electron chi connectivity index (χ2n) is 13.7. The van der Waals surface area contributed by atoms with Crippen molar-refractivity contribution in [2.75, 3.05) is 19.8 Å². The second kappa shape index (κ2) is 33.9. The van der Waals surface area contributed by atoms with Crippen molar-refractivity contribution < 1.29 is 49.0 Å². The largest absolute Gasteiger partial charge is 0.462 e. The van der Waals surface area contributed by atoms with Gasteiger partial charge in [0.2, 0.25) is 0 Å². The molecule has 1 heterocycles. The van der Waals surface area contributed by atoms with Gasteiger partial charge in [-0.3, -0.25) is 9.59 Å². The molecule has 0 saturated carbocycles. The normalized spacial score (nSPS) is 21.5. The Labute approximate surface area is 320 Å². The van der Waals surface area contributed by atoms with E-state index >= 15 is 0 Å². The van der Waals surface area contributed by atoms with Crippen molar-refractivity contribution >= 4 is 11.9 Å². The summed E-state index contributed by atoms with van der Waals surface area (Å²) in [6.45, 7) is 3.19. The van der Waals surface area contributed by atoms with E-state index in [9.17, 15) is 30.0 Å². The number of allylic oxidation sites excluding steroid dienone is 10. The van der Waals surface area contributed by atoms with Crippen LogP contribution in [0.15, 0.2) is 60.8 Å². The lowest BCUT2D eigenvalue weighted by Gasteiger charge is -2.39. The Morgan fingerprint density at radius 2 is 1.11 bits per heavy atom. The molecular weight excluding hydrogens is 676 g/mol. The van der Waals surface area contributed by atoms with Gasteiger partial charge >= 0.3 is 11.9 Å². The molecule has 0 aromatic carbocycles. The summed E-state index contributed by atoms with van der Waals surface area (Å²) in [6.07, 6.45) is 32.3. The molecular formula is C43H72O10. The summed E-state index contributed by atoms with van der Waals surface area (Å²) in [5.41, 5.74) is 0. The van der Waals surface area contributed by atoms with Gasteiger partial charge in [-0.2, -0.15) is 0 Å². The van der Waals surface area contributed by atoms with Crippen molar-refractivity contribution in [3.8, 4) is 0 Å². The number of carbonyl (C=O) groups is 2. The highest BCUT2D eigenvalue weighted by molar-refractivity contribution is 5.70. The minimum atomic E-state index is -1.60. The van der Waals surface area contributed by atoms with E-state index in [1.54, 1.807) is 0 Å². The van der Waals surface area contributed by atoms with Crippen LogP contribution in [-0.4, -0.2) is 89.0 Å². The summed E-state index contributed by atoms with van der Waals surface area (Å²) < 4.78 is 22.1. The zero-order valence-corrected chi connectivity index (χ0v) is 32.7. The van der Waals surface area contributed by atoms with Crippen molar-refractivity contribution in [3.05, 3.63) is 60.8 Å². The first-order valence-electron chi connectivity index (χ1n) is 20.4. The predicted molar refractivity (Wildman–Crippen MR) is 210 cm³/mol. The van der Waals surface area contributed by atoms with Crippen LogP contribution in [0.4, 0.5) is 0 Å². The molecule has 0 amide bonds. The van der Waals surface area contributed by atoms with Crippen LogP contribution in [0.2, 0.25) is 0 Å². The Hall–Kier alpha value is -2.60. The molecule has 1 fully saturated rings. The van der Waals surface area contributed by atoms with E-state index in [4.69, 9.17) is 18.9 Å². The standard InChI is InChI=1S/C43H72O10/c1-3-5-7-9-11-13-15-17-18-20-22-24-26-28-30-32-39(46)52-36(35-51-43-42(49)41(48)40(47)37(33-44)53-43)34-50-38(45)31-29-27-25-23-21-19-16-14-12-10-8-6-4-2/h5,7-8,10-11,13-14,16-18,36-37,40-44,47-49H,3-4,6,9,12,15,19-35H2,1-2H3/b7-5-,10-8-,13-11-,16-14-,18-17-. The van der Waals surface area contributed by atoms with Gasteiger partial charge in [-0.15, -0.1) is 0 Å². The Kier molecular flexibility index (Phi) is 31.0. The van der Waals surface area contributed by atoms with Crippen LogP contribution in [0.3, 0.4) is 0 Å². The third-order valence-corrected chi connectivity index (χ3v) is 8.87. The number of aliphatic hydroxyl groups excluding tert-OH is 4. The van der Waals surface area contributed by atoms with Gasteiger partial charge in [0, 0.05) is 12.8 Å². The molecule has 1 rings (SSSR count). The first-order valence-corrected chi connectivity index (χ1v) is 20.4. The van der Waals surface area contributed by atoms with Crippen LogP contribution < -0.4 is 0 Å². The Morgan fingerprint density at radius 1 is 0.604 bits per heavy atom. The molecule has 1 saturated heterocycles. The lowest BCUT2D eigenvalue weighted by molar-refractivity contribution is -0.305. The molecule has 10 nitrogen and oxygen atoms in total. The zero-order chi connectivity index (χ0) is 38.8. The van der Waals surface area contributed by atoms with E-state index in [1.807, 2.05) is 0 Å². The molecule has 10 heteroatoms. The number of rotatable bonds is 32. The highest BCUT2D eigenvalue weighted by Gasteiger charge is 2.44. The lowest BCUT2D eigenvalue weighted by atomic mass is 9.99. The average molecular weight is 749 g/mol. The summed E-state index contributed by atoms with van der Waals surface area (Å²) in [5, 5.41) is 40.0. The minimum Gasteiger partial charge on any atom is -0.462 e. The summed E-state index contributed by atoms with van der Waals surface area (Å²) >= 11 is 0. The smallest absolute Gasteiger partial charge is 0.306 e. The number of esters is 2. The molecule has 53 heavy (non-hydrogen) atoms. The number of hydrogen-bond acceptors (Lipinski definition) is 10. The maximum absolute atomic E-state index is 12.7. The van der Waals surface area contributed by atoms with Crippen molar-refractivity contribution in [1.82, 2.24) is 0 Å². The molecule has 1 aliphatic rings. The first kappa shape index (κ1) is 48.4. The second-order valence-corrected chi connectivity index (χ2v) is 13.7. The topological polar surface area (TPSA) is 152 Å². The van der Waals surface area contributed by atoms with Crippen molar-refractivity contribution in [2.45, 2.75) is 179 Å². The summed E-state index contributed by atoms with van der Waals surface area (Å²) in [4.78, 5) is 25.2. The third kappa shape index (κ3) is 25.9. The summed E-state index contributed by atoms with van der Waals surface area (Å²) in [5.74, 6) is -0.850. The number of carbonyl (C=O) groups excluding carboxylic acids is 2. The van der Waals surface area contributed by atoms with Gasteiger partial charge < -0.3 is 39.4 Å².